The lowest BCUT2D eigenvalue weighted by molar-refractivity contribution is 0.486. The lowest BCUT2D eigenvalue weighted by Crippen LogP contribution is -2.39. The molecule has 2 rings (SSSR count). The van der Waals surface area contributed by atoms with Crippen LogP contribution in [0.5, 0.6) is 0 Å². The van der Waals surface area contributed by atoms with E-state index in [9.17, 15) is 0 Å². The first-order chi connectivity index (χ1) is 10.2. The first-order valence-electron chi connectivity index (χ1n) is 7.05. The van der Waals surface area contributed by atoms with E-state index in [1.165, 1.54) is 4.88 Å². The molecule has 0 fully saturated rings. The number of hydrogen-bond donors (Lipinski definition) is 1. The molecule has 21 heavy (non-hydrogen) atoms. The molecular formula is C14H22N6S. The standard InChI is InChI=1S/C14H22N6S/c1-4-15-14(16-10-13-18-17-11-20(13)3)19(2)8-7-12-6-5-9-21-12/h5-6,9,11H,4,7-8,10H2,1-3H3,(H,15,16). The van der Waals surface area contributed by atoms with Crippen LogP contribution in [0.15, 0.2) is 28.8 Å². The van der Waals surface area contributed by atoms with Gasteiger partial charge in [-0.25, -0.2) is 4.99 Å². The van der Waals surface area contributed by atoms with E-state index in [4.69, 9.17) is 0 Å². The van der Waals surface area contributed by atoms with Crippen LogP contribution in [-0.2, 0) is 20.0 Å². The third kappa shape index (κ3) is 4.56. The molecule has 0 bridgehead atoms. The first kappa shape index (κ1) is 15.5. The number of aromatic nitrogens is 3. The Morgan fingerprint density at radius 1 is 1.52 bits per heavy atom. The Morgan fingerprint density at radius 2 is 2.38 bits per heavy atom. The molecule has 0 aliphatic rings. The molecule has 0 aromatic carbocycles. The highest BCUT2D eigenvalue weighted by Crippen LogP contribution is 2.09. The second-order valence-electron chi connectivity index (χ2n) is 4.78. The third-order valence-corrected chi connectivity index (χ3v) is 4.08. The Morgan fingerprint density at radius 3 is 3.00 bits per heavy atom. The van der Waals surface area contributed by atoms with E-state index in [1.54, 1.807) is 17.7 Å². The molecule has 0 aliphatic heterocycles. The summed E-state index contributed by atoms with van der Waals surface area (Å²) in [5, 5.41) is 13.4. The van der Waals surface area contributed by atoms with E-state index in [1.807, 2.05) is 11.6 Å². The van der Waals surface area contributed by atoms with Crippen LogP contribution >= 0.6 is 11.3 Å². The molecule has 2 aromatic rings. The fourth-order valence-electron chi connectivity index (χ4n) is 1.90. The second kappa shape index (κ2) is 7.78. The zero-order valence-corrected chi connectivity index (χ0v) is 13.6. The second-order valence-corrected chi connectivity index (χ2v) is 5.81. The smallest absolute Gasteiger partial charge is 0.194 e. The van der Waals surface area contributed by atoms with Gasteiger partial charge < -0.3 is 14.8 Å². The maximum atomic E-state index is 4.63. The van der Waals surface area contributed by atoms with Crippen molar-refractivity contribution in [2.24, 2.45) is 12.0 Å². The average Bonchev–Trinajstić information content (AvgIpc) is 3.12. The maximum Gasteiger partial charge on any atom is 0.194 e. The van der Waals surface area contributed by atoms with Crippen molar-refractivity contribution >= 4 is 17.3 Å². The highest BCUT2D eigenvalue weighted by molar-refractivity contribution is 7.09. The molecule has 2 heterocycles. The fraction of sp³-hybridized carbons (Fsp3) is 0.500. The van der Waals surface area contributed by atoms with Gasteiger partial charge in [-0.1, -0.05) is 6.07 Å². The van der Waals surface area contributed by atoms with Gasteiger partial charge in [-0.3, -0.25) is 0 Å². The Kier molecular flexibility index (Phi) is 5.74. The quantitative estimate of drug-likeness (QED) is 0.649. The maximum absolute atomic E-state index is 4.63. The van der Waals surface area contributed by atoms with Crippen LogP contribution in [0.25, 0.3) is 0 Å². The molecule has 1 N–H and O–H groups in total. The topological polar surface area (TPSA) is 58.3 Å². The highest BCUT2D eigenvalue weighted by atomic mass is 32.1. The largest absolute Gasteiger partial charge is 0.357 e. The molecule has 2 aromatic heterocycles. The zero-order valence-electron chi connectivity index (χ0n) is 12.8. The number of likely N-dealkylation sites (N-methyl/N-ethyl adjacent to an activating group) is 1. The summed E-state index contributed by atoms with van der Waals surface area (Å²) in [5.41, 5.74) is 0. The van der Waals surface area contributed by atoms with Crippen molar-refractivity contribution in [3.8, 4) is 0 Å². The molecule has 0 saturated carbocycles. The van der Waals surface area contributed by atoms with Crippen LogP contribution in [0.4, 0.5) is 0 Å². The van der Waals surface area contributed by atoms with Crippen molar-refractivity contribution in [3.05, 3.63) is 34.5 Å². The SMILES string of the molecule is CCNC(=NCc1nncn1C)N(C)CCc1cccs1. The average molecular weight is 306 g/mol. The van der Waals surface area contributed by atoms with E-state index < -0.39 is 0 Å². The van der Waals surface area contributed by atoms with E-state index in [0.717, 1.165) is 31.3 Å². The van der Waals surface area contributed by atoms with Gasteiger partial charge in [-0.2, -0.15) is 0 Å². The van der Waals surface area contributed by atoms with Crippen molar-refractivity contribution in [2.75, 3.05) is 20.1 Å². The van der Waals surface area contributed by atoms with E-state index in [-0.39, 0.29) is 0 Å². The van der Waals surface area contributed by atoms with Gasteiger partial charge in [-0.05, 0) is 24.8 Å². The summed E-state index contributed by atoms with van der Waals surface area (Å²) in [4.78, 5) is 8.17. The molecule has 0 spiro atoms. The monoisotopic (exact) mass is 306 g/mol. The Hall–Kier alpha value is -1.89. The number of rotatable bonds is 6. The van der Waals surface area contributed by atoms with E-state index >= 15 is 0 Å². The molecule has 7 heteroatoms. The van der Waals surface area contributed by atoms with Crippen molar-refractivity contribution in [1.29, 1.82) is 0 Å². The predicted octanol–water partition coefficient (Wildman–Crippen LogP) is 1.52. The van der Waals surface area contributed by atoms with Gasteiger partial charge in [0, 0.05) is 32.1 Å². The minimum atomic E-state index is 0.530. The van der Waals surface area contributed by atoms with Gasteiger partial charge >= 0.3 is 0 Å². The van der Waals surface area contributed by atoms with Crippen LogP contribution in [0, 0.1) is 0 Å². The number of thiophene rings is 1. The number of guanidine groups is 1. The molecule has 0 radical (unpaired) electrons. The predicted molar refractivity (Wildman–Crippen MR) is 86.5 cm³/mol. The highest BCUT2D eigenvalue weighted by Gasteiger charge is 2.07. The fourth-order valence-corrected chi connectivity index (χ4v) is 2.60. The summed E-state index contributed by atoms with van der Waals surface area (Å²) in [6, 6.07) is 4.26. The third-order valence-electron chi connectivity index (χ3n) is 3.15. The molecule has 0 amide bonds. The summed E-state index contributed by atoms with van der Waals surface area (Å²) < 4.78 is 1.89. The van der Waals surface area contributed by atoms with Gasteiger partial charge in [0.1, 0.15) is 12.9 Å². The zero-order chi connectivity index (χ0) is 15.1. The molecule has 0 unspecified atom stereocenters. The normalized spacial score (nSPS) is 11.7. The Bertz CT molecular complexity index is 560. The van der Waals surface area contributed by atoms with Crippen molar-refractivity contribution in [3.63, 3.8) is 0 Å². The molecule has 0 atom stereocenters. The van der Waals surface area contributed by atoms with Gasteiger partial charge in [0.05, 0.1) is 0 Å². The molecule has 6 nitrogen and oxygen atoms in total. The summed E-state index contributed by atoms with van der Waals surface area (Å²) in [7, 11) is 3.99. The van der Waals surface area contributed by atoms with E-state index in [0.29, 0.717) is 6.54 Å². The summed E-state index contributed by atoms with van der Waals surface area (Å²) in [5.74, 6) is 1.76. The number of aliphatic imine (C=N–C) groups is 1. The summed E-state index contributed by atoms with van der Waals surface area (Å²) >= 11 is 1.79. The minimum Gasteiger partial charge on any atom is -0.357 e. The van der Waals surface area contributed by atoms with Crippen molar-refractivity contribution in [1.82, 2.24) is 25.0 Å². The molecule has 0 aliphatic carbocycles. The molecular weight excluding hydrogens is 284 g/mol. The van der Waals surface area contributed by atoms with Gasteiger partial charge in [0.15, 0.2) is 11.8 Å². The van der Waals surface area contributed by atoms with E-state index in [2.05, 4.69) is 56.9 Å². The number of nitrogens with zero attached hydrogens (tertiary/aromatic N) is 5. The van der Waals surface area contributed by atoms with Gasteiger partial charge in [-0.15, -0.1) is 21.5 Å². The lowest BCUT2D eigenvalue weighted by atomic mass is 10.3. The first-order valence-corrected chi connectivity index (χ1v) is 7.93. The minimum absolute atomic E-state index is 0.530. The van der Waals surface area contributed by atoms with Crippen LogP contribution < -0.4 is 5.32 Å². The van der Waals surface area contributed by atoms with Crippen molar-refractivity contribution in [2.45, 2.75) is 19.9 Å². The summed E-state index contributed by atoms with van der Waals surface area (Å²) in [6.45, 7) is 4.39. The Balaban J connectivity index is 1.94. The summed E-state index contributed by atoms with van der Waals surface area (Å²) in [6.07, 6.45) is 2.72. The molecule has 0 saturated heterocycles. The van der Waals surface area contributed by atoms with Gasteiger partial charge in [0.25, 0.3) is 0 Å². The van der Waals surface area contributed by atoms with Gasteiger partial charge in [0.2, 0.25) is 0 Å². The number of hydrogen-bond acceptors (Lipinski definition) is 4. The number of nitrogens with one attached hydrogen (secondary N) is 1. The lowest BCUT2D eigenvalue weighted by Gasteiger charge is -2.21. The van der Waals surface area contributed by atoms with Crippen molar-refractivity contribution < 1.29 is 0 Å². The Labute approximate surface area is 129 Å². The van der Waals surface area contributed by atoms with Crippen LogP contribution in [-0.4, -0.2) is 45.8 Å². The van der Waals surface area contributed by atoms with Crippen LogP contribution in [0.2, 0.25) is 0 Å². The number of aryl methyl sites for hydroxylation is 1. The van der Waals surface area contributed by atoms with Crippen LogP contribution in [0.1, 0.15) is 17.6 Å². The molecule has 114 valence electrons. The van der Waals surface area contributed by atoms with Crippen LogP contribution in [0.3, 0.4) is 0 Å².